The molecule has 0 unspecified atom stereocenters. The van der Waals surface area contributed by atoms with Crippen LogP contribution in [0, 0.1) is 0 Å². The second kappa shape index (κ2) is 4.56. The Morgan fingerprint density at radius 3 is 2.38 bits per heavy atom. The predicted molar refractivity (Wildman–Crippen MR) is 80.8 cm³/mol. The first kappa shape index (κ1) is 12.3. The normalized spacial score (nSPS) is 18.0. The lowest BCUT2D eigenvalue weighted by molar-refractivity contribution is 0.0845. The van der Waals surface area contributed by atoms with Gasteiger partial charge in [-0.3, -0.25) is 14.9 Å². The third-order valence-corrected chi connectivity index (χ3v) is 4.19. The van der Waals surface area contributed by atoms with Gasteiger partial charge >= 0.3 is 0 Å². The molecule has 21 heavy (non-hydrogen) atoms. The lowest BCUT2D eigenvalue weighted by Crippen LogP contribution is -2.43. The number of amides is 2. The first-order valence-corrected chi connectivity index (χ1v) is 7.13. The number of anilines is 1. The number of carbonyl (C=O) groups excluding carboxylic acids is 2. The molecule has 2 aliphatic heterocycles. The van der Waals surface area contributed by atoms with Crippen molar-refractivity contribution in [3.8, 4) is 0 Å². The van der Waals surface area contributed by atoms with Crippen molar-refractivity contribution < 1.29 is 9.59 Å². The van der Waals surface area contributed by atoms with Crippen LogP contribution in [-0.4, -0.2) is 38.0 Å². The number of imide groups is 1. The summed E-state index contributed by atoms with van der Waals surface area (Å²) in [6.45, 7) is 3.75. The minimum Gasteiger partial charge on any atom is -0.368 e. The van der Waals surface area contributed by atoms with Gasteiger partial charge in [-0.15, -0.1) is 0 Å². The van der Waals surface area contributed by atoms with Crippen LogP contribution in [0.5, 0.6) is 0 Å². The molecule has 2 aromatic rings. The van der Waals surface area contributed by atoms with Crippen LogP contribution in [-0.2, 0) is 0 Å². The summed E-state index contributed by atoms with van der Waals surface area (Å²) in [5.74, 6) is -0.619. The topological polar surface area (TPSA) is 61.4 Å². The summed E-state index contributed by atoms with van der Waals surface area (Å²) in [5, 5.41) is 7.49. The Kier molecular flexibility index (Phi) is 2.68. The van der Waals surface area contributed by atoms with E-state index in [4.69, 9.17) is 0 Å². The molecule has 2 heterocycles. The maximum Gasteiger partial charge on any atom is 0.258 e. The minimum atomic E-state index is -0.310. The van der Waals surface area contributed by atoms with E-state index in [9.17, 15) is 9.59 Å². The Balaban J connectivity index is 1.98. The molecule has 4 rings (SSSR count). The Morgan fingerprint density at radius 1 is 0.905 bits per heavy atom. The number of benzene rings is 2. The quantitative estimate of drug-likeness (QED) is 0.769. The molecular formula is C16H15N3O2. The molecule has 106 valence electrons. The molecule has 0 radical (unpaired) electrons. The lowest BCUT2D eigenvalue weighted by Gasteiger charge is -2.31. The standard InChI is InChI=1S/C16H15N3O2/c20-15-11-3-1-2-10-13(19-8-6-17-7-9-19)5-4-12(14(10)11)16(21)18-15/h1-5,17H,6-9H2,(H,18,20,21). The molecular weight excluding hydrogens is 266 g/mol. The van der Waals surface area contributed by atoms with Crippen LogP contribution >= 0.6 is 0 Å². The van der Waals surface area contributed by atoms with E-state index < -0.39 is 0 Å². The van der Waals surface area contributed by atoms with Crippen LogP contribution in [0.25, 0.3) is 10.8 Å². The third-order valence-electron chi connectivity index (χ3n) is 4.19. The van der Waals surface area contributed by atoms with Crippen LogP contribution in [0.2, 0.25) is 0 Å². The third kappa shape index (κ3) is 1.81. The van der Waals surface area contributed by atoms with Crippen molar-refractivity contribution in [1.29, 1.82) is 0 Å². The van der Waals surface area contributed by atoms with E-state index in [0.717, 1.165) is 42.6 Å². The van der Waals surface area contributed by atoms with E-state index in [2.05, 4.69) is 15.5 Å². The summed E-state index contributed by atoms with van der Waals surface area (Å²) >= 11 is 0. The van der Waals surface area contributed by atoms with E-state index in [0.29, 0.717) is 11.1 Å². The lowest BCUT2D eigenvalue weighted by atomic mass is 9.93. The first-order chi connectivity index (χ1) is 10.3. The molecule has 2 aliphatic rings. The molecule has 0 spiro atoms. The van der Waals surface area contributed by atoms with Gasteiger partial charge in [-0.25, -0.2) is 0 Å². The molecule has 0 bridgehead atoms. The summed E-state index contributed by atoms with van der Waals surface area (Å²) in [6, 6.07) is 9.45. The van der Waals surface area contributed by atoms with Crippen LogP contribution < -0.4 is 15.5 Å². The van der Waals surface area contributed by atoms with Gasteiger partial charge < -0.3 is 10.2 Å². The number of hydrogen-bond acceptors (Lipinski definition) is 4. The summed E-state index contributed by atoms with van der Waals surface area (Å²) in [6.07, 6.45) is 0. The van der Waals surface area contributed by atoms with Crippen LogP contribution in [0.4, 0.5) is 5.69 Å². The van der Waals surface area contributed by atoms with E-state index in [-0.39, 0.29) is 11.8 Å². The summed E-state index contributed by atoms with van der Waals surface area (Å²) < 4.78 is 0. The fourth-order valence-corrected chi connectivity index (χ4v) is 3.19. The van der Waals surface area contributed by atoms with Crippen molar-refractivity contribution in [2.24, 2.45) is 0 Å². The predicted octanol–water partition coefficient (Wildman–Crippen LogP) is 1.13. The zero-order chi connectivity index (χ0) is 14.4. The second-order valence-electron chi connectivity index (χ2n) is 5.38. The van der Waals surface area contributed by atoms with Gasteiger partial charge in [-0.2, -0.15) is 0 Å². The molecule has 5 heteroatoms. The molecule has 5 nitrogen and oxygen atoms in total. The fraction of sp³-hybridized carbons (Fsp3) is 0.250. The average Bonchev–Trinajstić information content (AvgIpc) is 2.53. The highest BCUT2D eigenvalue weighted by molar-refractivity contribution is 6.26. The summed E-state index contributed by atoms with van der Waals surface area (Å²) in [5.41, 5.74) is 2.26. The highest BCUT2D eigenvalue weighted by Crippen LogP contribution is 2.33. The van der Waals surface area contributed by atoms with Crippen LogP contribution in [0.3, 0.4) is 0 Å². The molecule has 0 saturated carbocycles. The molecule has 0 aliphatic carbocycles. The number of carbonyl (C=O) groups is 2. The molecule has 0 atom stereocenters. The molecule has 1 saturated heterocycles. The molecule has 1 fully saturated rings. The summed E-state index contributed by atoms with van der Waals surface area (Å²) in [4.78, 5) is 26.3. The smallest absolute Gasteiger partial charge is 0.258 e. The Morgan fingerprint density at radius 2 is 1.62 bits per heavy atom. The van der Waals surface area contributed by atoms with Gasteiger partial charge in [0.05, 0.1) is 0 Å². The van der Waals surface area contributed by atoms with E-state index in [1.165, 1.54) is 0 Å². The highest BCUT2D eigenvalue weighted by Gasteiger charge is 2.26. The number of piperazine rings is 1. The van der Waals surface area contributed by atoms with Gasteiger partial charge in [0.15, 0.2) is 0 Å². The molecule has 2 amide bonds. The minimum absolute atomic E-state index is 0.310. The largest absolute Gasteiger partial charge is 0.368 e. The second-order valence-corrected chi connectivity index (χ2v) is 5.38. The Labute approximate surface area is 121 Å². The van der Waals surface area contributed by atoms with E-state index >= 15 is 0 Å². The van der Waals surface area contributed by atoms with Crippen LogP contribution in [0.1, 0.15) is 20.7 Å². The van der Waals surface area contributed by atoms with Crippen molar-refractivity contribution in [2.75, 3.05) is 31.1 Å². The molecule has 0 aromatic heterocycles. The van der Waals surface area contributed by atoms with Crippen molar-refractivity contribution in [2.45, 2.75) is 0 Å². The molecule has 2 aromatic carbocycles. The van der Waals surface area contributed by atoms with Crippen molar-refractivity contribution in [3.05, 3.63) is 41.5 Å². The van der Waals surface area contributed by atoms with Gasteiger partial charge in [-0.1, -0.05) is 12.1 Å². The van der Waals surface area contributed by atoms with Gasteiger partial charge in [0.25, 0.3) is 11.8 Å². The van der Waals surface area contributed by atoms with Gasteiger partial charge in [-0.05, 0) is 18.2 Å². The van der Waals surface area contributed by atoms with Crippen molar-refractivity contribution >= 4 is 28.3 Å². The zero-order valence-corrected chi connectivity index (χ0v) is 11.5. The van der Waals surface area contributed by atoms with E-state index in [1.807, 2.05) is 24.3 Å². The maximum atomic E-state index is 12.0. The summed E-state index contributed by atoms with van der Waals surface area (Å²) in [7, 11) is 0. The first-order valence-electron chi connectivity index (χ1n) is 7.13. The monoisotopic (exact) mass is 281 g/mol. The van der Waals surface area contributed by atoms with E-state index in [1.54, 1.807) is 6.07 Å². The van der Waals surface area contributed by atoms with Gasteiger partial charge in [0, 0.05) is 53.8 Å². The van der Waals surface area contributed by atoms with Gasteiger partial charge in [0.2, 0.25) is 0 Å². The Bertz CT molecular complexity index is 743. The number of nitrogens with zero attached hydrogens (tertiary/aromatic N) is 1. The average molecular weight is 281 g/mol. The molecule has 2 N–H and O–H groups in total. The highest BCUT2D eigenvalue weighted by atomic mass is 16.2. The zero-order valence-electron chi connectivity index (χ0n) is 11.5. The number of hydrogen-bond donors (Lipinski definition) is 2. The van der Waals surface area contributed by atoms with Gasteiger partial charge in [0.1, 0.15) is 0 Å². The Hall–Kier alpha value is -2.40. The number of rotatable bonds is 1. The number of nitrogens with one attached hydrogen (secondary N) is 2. The van der Waals surface area contributed by atoms with Crippen molar-refractivity contribution in [3.63, 3.8) is 0 Å². The SMILES string of the molecule is O=C1NC(=O)c2ccc(N3CCNCC3)c3cccc1c23. The van der Waals surface area contributed by atoms with Crippen LogP contribution in [0.15, 0.2) is 30.3 Å². The van der Waals surface area contributed by atoms with Crippen molar-refractivity contribution in [1.82, 2.24) is 10.6 Å². The fourth-order valence-electron chi connectivity index (χ4n) is 3.19. The maximum absolute atomic E-state index is 12.0.